The number of thiazole rings is 1. The summed E-state index contributed by atoms with van der Waals surface area (Å²) in [6, 6.07) is 22.9. The van der Waals surface area contributed by atoms with Gasteiger partial charge in [0.2, 0.25) is 0 Å². The quantitative estimate of drug-likeness (QED) is 0.397. The molecular weight excluding hydrogens is 402 g/mol. The van der Waals surface area contributed by atoms with Crippen molar-refractivity contribution < 1.29 is 4.79 Å². The maximum Gasteiger partial charge on any atom is 0.279 e. The number of amides is 1. The maximum absolute atomic E-state index is 13.6. The number of anilines is 1. The Bertz CT molecular complexity index is 1110. The lowest BCUT2D eigenvalue weighted by Crippen LogP contribution is -2.31. The molecule has 0 radical (unpaired) electrons. The highest BCUT2D eigenvalue weighted by Gasteiger charge is 2.25. The first kappa shape index (κ1) is 19.3. The monoisotopic (exact) mass is 419 g/mol. The summed E-state index contributed by atoms with van der Waals surface area (Å²) in [6.45, 7) is 2.29. The van der Waals surface area contributed by atoms with Gasteiger partial charge in [0.05, 0.1) is 16.4 Å². The lowest BCUT2D eigenvalue weighted by molar-refractivity contribution is 0.0980. The number of carbonyl (C=O) groups excluding carboxylic acids is 1. The molecule has 0 N–H and O–H groups in total. The first-order valence-electron chi connectivity index (χ1n) is 9.12. The zero-order valence-electron chi connectivity index (χ0n) is 15.7. The molecular formula is C23H18ClN3OS. The van der Waals surface area contributed by atoms with Crippen LogP contribution in [-0.2, 0) is 6.54 Å². The van der Waals surface area contributed by atoms with Crippen LogP contribution in [0.5, 0.6) is 0 Å². The van der Waals surface area contributed by atoms with Gasteiger partial charge in [0.1, 0.15) is 11.5 Å². The molecule has 29 heavy (non-hydrogen) atoms. The molecule has 4 aromatic rings. The van der Waals surface area contributed by atoms with Crippen LogP contribution in [0.2, 0.25) is 5.02 Å². The van der Waals surface area contributed by atoms with Gasteiger partial charge in [-0.15, -0.1) is 11.3 Å². The fourth-order valence-corrected chi connectivity index (χ4v) is 4.07. The molecule has 0 aliphatic carbocycles. The number of carbonyl (C=O) groups is 1. The molecule has 0 aliphatic rings. The van der Waals surface area contributed by atoms with Crippen molar-refractivity contribution in [2.75, 3.05) is 4.90 Å². The molecule has 4 rings (SSSR count). The number of halogens is 1. The van der Waals surface area contributed by atoms with Crippen molar-refractivity contribution in [3.8, 4) is 10.4 Å². The van der Waals surface area contributed by atoms with Crippen LogP contribution in [0.4, 0.5) is 5.82 Å². The third-order valence-corrected chi connectivity index (χ3v) is 5.67. The highest BCUT2D eigenvalue weighted by Crippen LogP contribution is 2.32. The van der Waals surface area contributed by atoms with Crippen molar-refractivity contribution in [1.29, 1.82) is 0 Å². The molecule has 1 amide bonds. The summed E-state index contributed by atoms with van der Waals surface area (Å²) in [7, 11) is 0. The number of aryl methyl sites for hydroxylation is 1. The van der Waals surface area contributed by atoms with Gasteiger partial charge in [0, 0.05) is 11.2 Å². The van der Waals surface area contributed by atoms with Crippen LogP contribution in [0.1, 0.15) is 21.1 Å². The second kappa shape index (κ2) is 8.55. The van der Waals surface area contributed by atoms with E-state index in [1.807, 2.05) is 79.7 Å². The second-order valence-corrected chi connectivity index (χ2v) is 8.12. The summed E-state index contributed by atoms with van der Waals surface area (Å²) >= 11 is 7.53. The first-order chi connectivity index (χ1) is 14.1. The molecule has 0 fully saturated rings. The fraction of sp³-hybridized carbons (Fsp3) is 0.0870. The molecule has 2 aromatic heterocycles. The minimum absolute atomic E-state index is 0.179. The van der Waals surface area contributed by atoms with Crippen molar-refractivity contribution in [2.24, 2.45) is 0 Å². The van der Waals surface area contributed by atoms with Crippen molar-refractivity contribution in [1.82, 2.24) is 9.97 Å². The van der Waals surface area contributed by atoms with E-state index in [1.165, 1.54) is 11.3 Å². The van der Waals surface area contributed by atoms with Crippen molar-refractivity contribution in [3.05, 3.63) is 100 Å². The van der Waals surface area contributed by atoms with Gasteiger partial charge in [-0.05, 0) is 42.3 Å². The predicted octanol–water partition coefficient (Wildman–Crippen LogP) is 6.01. The van der Waals surface area contributed by atoms with E-state index in [0.717, 1.165) is 21.0 Å². The van der Waals surface area contributed by atoms with E-state index in [9.17, 15) is 4.79 Å². The summed E-state index contributed by atoms with van der Waals surface area (Å²) in [5.74, 6) is 0.402. The van der Waals surface area contributed by atoms with E-state index in [-0.39, 0.29) is 5.91 Å². The molecule has 144 valence electrons. The van der Waals surface area contributed by atoms with Crippen LogP contribution in [-0.4, -0.2) is 15.9 Å². The van der Waals surface area contributed by atoms with E-state index in [0.29, 0.717) is 23.1 Å². The molecule has 0 unspecified atom stereocenters. The lowest BCUT2D eigenvalue weighted by Gasteiger charge is -2.21. The van der Waals surface area contributed by atoms with Crippen LogP contribution >= 0.6 is 22.9 Å². The molecule has 2 heterocycles. The average molecular weight is 420 g/mol. The Labute approximate surface area is 178 Å². The molecule has 4 nitrogen and oxygen atoms in total. The molecule has 0 atom stereocenters. The van der Waals surface area contributed by atoms with E-state index in [4.69, 9.17) is 11.6 Å². The van der Waals surface area contributed by atoms with Crippen LogP contribution in [0, 0.1) is 6.92 Å². The summed E-state index contributed by atoms with van der Waals surface area (Å²) < 4.78 is 0. The Morgan fingerprint density at radius 3 is 2.41 bits per heavy atom. The van der Waals surface area contributed by atoms with Crippen LogP contribution in [0.3, 0.4) is 0 Å². The largest absolute Gasteiger partial charge is 0.287 e. The number of rotatable bonds is 5. The third kappa shape index (κ3) is 4.36. The Balaban J connectivity index is 1.75. The standard InChI is InChI=1S/C23H18ClN3OS/c1-16-26-21(22(29-16)18-7-3-2-4-8-18)23(28)27(20-9-5-6-14-25-20)15-17-10-12-19(24)13-11-17/h2-14H,15H2,1H3. The van der Waals surface area contributed by atoms with Crippen molar-refractivity contribution >= 4 is 34.7 Å². The molecule has 0 saturated heterocycles. The van der Waals surface area contributed by atoms with Crippen LogP contribution in [0.15, 0.2) is 79.0 Å². The molecule has 0 bridgehead atoms. The van der Waals surface area contributed by atoms with Gasteiger partial charge in [-0.2, -0.15) is 0 Å². The fourth-order valence-electron chi connectivity index (χ4n) is 3.03. The Morgan fingerprint density at radius 1 is 1.00 bits per heavy atom. The van der Waals surface area contributed by atoms with Gasteiger partial charge in [-0.25, -0.2) is 9.97 Å². The van der Waals surface area contributed by atoms with Gasteiger partial charge in [0.25, 0.3) is 5.91 Å². The number of nitrogens with zero attached hydrogens (tertiary/aromatic N) is 3. The lowest BCUT2D eigenvalue weighted by atomic mass is 10.1. The minimum Gasteiger partial charge on any atom is -0.287 e. The Kier molecular flexibility index (Phi) is 5.69. The van der Waals surface area contributed by atoms with E-state index in [1.54, 1.807) is 11.1 Å². The summed E-state index contributed by atoms with van der Waals surface area (Å²) in [5.41, 5.74) is 2.38. The smallest absolute Gasteiger partial charge is 0.279 e. The van der Waals surface area contributed by atoms with E-state index >= 15 is 0 Å². The van der Waals surface area contributed by atoms with Crippen LogP contribution < -0.4 is 4.90 Å². The SMILES string of the molecule is Cc1nc(C(=O)N(Cc2ccc(Cl)cc2)c2ccccn2)c(-c2ccccc2)s1. The Hall–Kier alpha value is -3.02. The van der Waals surface area contributed by atoms with E-state index < -0.39 is 0 Å². The number of hydrogen-bond acceptors (Lipinski definition) is 4. The number of pyridine rings is 1. The van der Waals surface area contributed by atoms with Gasteiger partial charge < -0.3 is 0 Å². The molecule has 2 aromatic carbocycles. The maximum atomic E-state index is 13.6. The normalized spacial score (nSPS) is 10.7. The molecule has 0 spiro atoms. The Morgan fingerprint density at radius 2 is 1.72 bits per heavy atom. The van der Waals surface area contributed by atoms with Gasteiger partial charge >= 0.3 is 0 Å². The highest BCUT2D eigenvalue weighted by atomic mass is 35.5. The summed E-state index contributed by atoms with van der Waals surface area (Å²) in [5, 5.41) is 1.51. The van der Waals surface area contributed by atoms with Crippen molar-refractivity contribution in [2.45, 2.75) is 13.5 Å². The number of benzene rings is 2. The average Bonchev–Trinajstić information content (AvgIpc) is 3.16. The van der Waals surface area contributed by atoms with Gasteiger partial charge in [-0.3, -0.25) is 9.69 Å². The third-order valence-electron chi connectivity index (χ3n) is 4.40. The molecule has 6 heteroatoms. The highest BCUT2D eigenvalue weighted by molar-refractivity contribution is 7.15. The summed E-state index contributed by atoms with van der Waals surface area (Å²) in [6.07, 6.45) is 1.68. The predicted molar refractivity (Wildman–Crippen MR) is 118 cm³/mol. The number of aromatic nitrogens is 2. The molecule has 0 aliphatic heterocycles. The zero-order valence-corrected chi connectivity index (χ0v) is 17.3. The second-order valence-electron chi connectivity index (χ2n) is 6.48. The van der Waals surface area contributed by atoms with E-state index in [2.05, 4.69) is 9.97 Å². The minimum atomic E-state index is -0.179. The van der Waals surface area contributed by atoms with Gasteiger partial charge in [0.15, 0.2) is 0 Å². The van der Waals surface area contributed by atoms with Gasteiger partial charge in [-0.1, -0.05) is 60.1 Å². The first-order valence-corrected chi connectivity index (χ1v) is 10.3. The van der Waals surface area contributed by atoms with Crippen molar-refractivity contribution in [3.63, 3.8) is 0 Å². The molecule has 0 saturated carbocycles. The van der Waals surface area contributed by atoms with Crippen LogP contribution in [0.25, 0.3) is 10.4 Å². The summed E-state index contributed by atoms with van der Waals surface area (Å²) in [4.78, 5) is 25.1. The number of hydrogen-bond donors (Lipinski definition) is 0. The topological polar surface area (TPSA) is 46.1 Å². The zero-order chi connectivity index (χ0) is 20.2.